The summed E-state index contributed by atoms with van der Waals surface area (Å²) in [7, 11) is 2.24. The van der Waals surface area contributed by atoms with Gasteiger partial charge < -0.3 is 24.9 Å². The molecule has 3 atom stereocenters. The molecule has 1 aromatic heterocycles. The normalized spacial score (nSPS) is 28.4. The van der Waals surface area contributed by atoms with Gasteiger partial charge in [0.1, 0.15) is 5.52 Å². The Balaban J connectivity index is 0.00000259. The molecule has 0 spiro atoms. The summed E-state index contributed by atoms with van der Waals surface area (Å²) in [6.45, 7) is 9.38. The Labute approximate surface area is 203 Å². The fourth-order valence-electron chi connectivity index (χ4n) is 5.95. The lowest BCUT2D eigenvalue weighted by molar-refractivity contribution is 0.0463. The van der Waals surface area contributed by atoms with E-state index in [1.165, 1.54) is 19.3 Å². The first-order valence-electron chi connectivity index (χ1n) is 12.2. The Morgan fingerprint density at radius 3 is 2.64 bits per heavy atom. The maximum Gasteiger partial charge on any atom is 0.298 e. The number of nitrogens with zero attached hydrogens (tertiary/aromatic N) is 3. The zero-order chi connectivity index (χ0) is 22.5. The number of para-hydroxylation sites is 1. The number of oxazole rings is 1. The number of fused-ring (bicyclic) bond motifs is 3. The highest BCUT2D eigenvalue weighted by atomic mass is 35.5. The van der Waals surface area contributed by atoms with E-state index in [4.69, 9.17) is 9.40 Å². The van der Waals surface area contributed by atoms with Crippen LogP contribution in [0.3, 0.4) is 0 Å². The molecule has 1 aromatic carbocycles. The molecule has 2 aromatic rings. The molecule has 3 aliphatic rings. The van der Waals surface area contributed by atoms with Gasteiger partial charge in [-0.2, -0.15) is 4.98 Å². The Hall–Kier alpha value is -1.83. The molecule has 2 N–H and O–H groups in total. The topological polar surface area (TPSA) is 73.6 Å². The summed E-state index contributed by atoms with van der Waals surface area (Å²) in [5.41, 5.74) is 2.04. The van der Waals surface area contributed by atoms with Gasteiger partial charge >= 0.3 is 0 Å². The van der Waals surface area contributed by atoms with Crippen LogP contribution in [-0.2, 0) is 0 Å². The van der Waals surface area contributed by atoms with Crippen LogP contribution >= 0.6 is 12.4 Å². The van der Waals surface area contributed by atoms with E-state index in [0.717, 1.165) is 32.5 Å². The van der Waals surface area contributed by atoms with Gasteiger partial charge in [-0.15, -0.1) is 12.4 Å². The average molecular weight is 476 g/mol. The molecule has 4 heterocycles. The number of piperazine rings is 1. The third kappa shape index (κ3) is 4.73. The molecule has 3 fully saturated rings. The minimum absolute atomic E-state index is 0. The van der Waals surface area contributed by atoms with Crippen LogP contribution in [0.4, 0.5) is 6.01 Å². The van der Waals surface area contributed by atoms with Crippen molar-refractivity contribution in [1.82, 2.24) is 20.5 Å². The molecule has 0 aliphatic carbocycles. The summed E-state index contributed by atoms with van der Waals surface area (Å²) in [6.07, 6.45) is 5.85. The standard InChI is InChI=1S/C25H37N5O2.ClH/c1-25(2,3)21-15-26-11-12-30(21)24-28-22-19(9-6-10-20(22)32-24)23(31)27-16-13-17-7-5-8-18(14-16)29(17)4;/h6,9-10,16-18,21,26H,5,7-8,11-15H2,1-4H3,(H,27,31);1H/t16?,17?,18?,21-;/m1./s1. The number of anilines is 1. The zero-order valence-electron chi connectivity index (χ0n) is 20.3. The number of carbonyl (C=O) groups is 1. The maximum atomic E-state index is 13.3. The van der Waals surface area contributed by atoms with Gasteiger partial charge in [-0.25, -0.2) is 0 Å². The van der Waals surface area contributed by atoms with Crippen LogP contribution in [0.1, 0.15) is 63.2 Å². The van der Waals surface area contributed by atoms with Gasteiger partial charge in [-0.05, 0) is 50.3 Å². The van der Waals surface area contributed by atoms with Crippen LogP contribution in [0.25, 0.3) is 11.1 Å². The molecule has 2 bridgehead atoms. The van der Waals surface area contributed by atoms with Gasteiger partial charge in [-0.1, -0.05) is 33.3 Å². The second-order valence-corrected chi connectivity index (χ2v) is 11.0. The van der Waals surface area contributed by atoms with Crippen molar-refractivity contribution in [2.75, 3.05) is 31.6 Å². The molecule has 182 valence electrons. The minimum Gasteiger partial charge on any atom is -0.423 e. The highest BCUT2D eigenvalue weighted by Crippen LogP contribution is 2.34. The maximum absolute atomic E-state index is 13.3. The van der Waals surface area contributed by atoms with E-state index in [0.29, 0.717) is 34.8 Å². The molecule has 33 heavy (non-hydrogen) atoms. The van der Waals surface area contributed by atoms with Crippen molar-refractivity contribution >= 4 is 35.4 Å². The Kier molecular flexibility index (Phi) is 6.95. The van der Waals surface area contributed by atoms with Gasteiger partial charge in [-0.3, -0.25) is 4.79 Å². The third-order valence-electron chi connectivity index (χ3n) is 7.82. The summed E-state index contributed by atoms with van der Waals surface area (Å²) >= 11 is 0. The fraction of sp³-hybridized carbons (Fsp3) is 0.680. The summed E-state index contributed by atoms with van der Waals surface area (Å²) in [5, 5.41) is 6.82. The van der Waals surface area contributed by atoms with Crippen LogP contribution in [0.5, 0.6) is 0 Å². The summed E-state index contributed by atoms with van der Waals surface area (Å²) < 4.78 is 6.19. The van der Waals surface area contributed by atoms with Gasteiger partial charge in [0.05, 0.1) is 11.6 Å². The van der Waals surface area contributed by atoms with E-state index >= 15 is 0 Å². The second-order valence-electron chi connectivity index (χ2n) is 11.0. The molecular formula is C25H38ClN5O2. The number of benzene rings is 1. The first kappa shape index (κ1) is 24.3. The van der Waals surface area contributed by atoms with Crippen molar-refractivity contribution < 1.29 is 9.21 Å². The molecular weight excluding hydrogens is 438 g/mol. The van der Waals surface area contributed by atoms with Gasteiger partial charge in [0.15, 0.2) is 5.58 Å². The van der Waals surface area contributed by atoms with Crippen LogP contribution in [-0.4, -0.2) is 66.6 Å². The number of carbonyl (C=O) groups excluding carboxylic acids is 1. The van der Waals surface area contributed by atoms with Crippen molar-refractivity contribution in [3.05, 3.63) is 23.8 Å². The SMILES string of the molecule is CN1C2CCCC1CC(NC(=O)c1cccc3oc(N4CCNC[C@@H]4C(C)(C)C)nc13)C2.Cl. The number of hydrogen-bond acceptors (Lipinski definition) is 6. The number of hydrogen-bond donors (Lipinski definition) is 2. The van der Waals surface area contributed by atoms with Crippen molar-refractivity contribution in [3.8, 4) is 0 Å². The van der Waals surface area contributed by atoms with Crippen molar-refractivity contribution in [1.29, 1.82) is 0 Å². The van der Waals surface area contributed by atoms with E-state index in [2.05, 4.69) is 48.3 Å². The van der Waals surface area contributed by atoms with Crippen LogP contribution in [0, 0.1) is 5.41 Å². The Morgan fingerprint density at radius 1 is 1.21 bits per heavy atom. The van der Waals surface area contributed by atoms with Crippen molar-refractivity contribution in [3.63, 3.8) is 0 Å². The van der Waals surface area contributed by atoms with Crippen molar-refractivity contribution in [2.24, 2.45) is 5.41 Å². The first-order valence-corrected chi connectivity index (χ1v) is 12.2. The smallest absolute Gasteiger partial charge is 0.298 e. The zero-order valence-corrected chi connectivity index (χ0v) is 21.1. The molecule has 8 heteroatoms. The molecule has 2 unspecified atom stereocenters. The highest BCUT2D eigenvalue weighted by molar-refractivity contribution is 6.04. The molecule has 5 rings (SSSR count). The molecule has 0 saturated carbocycles. The number of amides is 1. The minimum atomic E-state index is -0.0317. The number of halogens is 1. The van der Waals surface area contributed by atoms with Gasteiger partial charge in [0, 0.05) is 37.8 Å². The van der Waals surface area contributed by atoms with Crippen LogP contribution in [0.15, 0.2) is 22.6 Å². The first-order chi connectivity index (χ1) is 15.3. The van der Waals surface area contributed by atoms with Gasteiger partial charge in [0.25, 0.3) is 11.9 Å². The lowest BCUT2D eigenvalue weighted by Crippen LogP contribution is -2.57. The lowest BCUT2D eigenvalue weighted by atomic mass is 9.82. The number of rotatable bonds is 3. The largest absolute Gasteiger partial charge is 0.423 e. The second kappa shape index (κ2) is 9.43. The molecule has 1 amide bonds. The average Bonchev–Trinajstić information content (AvgIpc) is 3.18. The molecule has 3 aliphatic heterocycles. The van der Waals surface area contributed by atoms with E-state index in [-0.39, 0.29) is 35.8 Å². The van der Waals surface area contributed by atoms with E-state index < -0.39 is 0 Å². The summed E-state index contributed by atoms with van der Waals surface area (Å²) in [5.74, 6) is -0.0317. The Bertz CT molecular complexity index is 973. The highest BCUT2D eigenvalue weighted by Gasteiger charge is 2.37. The van der Waals surface area contributed by atoms with Crippen molar-refractivity contribution in [2.45, 2.75) is 77.0 Å². The number of nitrogens with one attached hydrogen (secondary N) is 2. The molecule has 7 nitrogen and oxygen atoms in total. The summed E-state index contributed by atoms with van der Waals surface area (Å²) in [6, 6.07) is 7.99. The van der Waals surface area contributed by atoms with E-state index in [9.17, 15) is 4.79 Å². The Morgan fingerprint density at radius 2 is 1.94 bits per heavy atom. The fourth-order valence-corrected chi connectivity index (χ4v) is 5.95. The molecule has 3 saturated heterocycles. The number of aromatic nitrogens is 1. The lowest BCUT2D eigenvalue weighted by Gasteiger charge is -2.47. The van der Waals surface area contributed by atoms with Gasteiger partial charge in [0.2, 0.25) is 0 Å². The summed E-state index contributed by atoms with van der Waals surface area (Å²) in [4.78, 5) is 22.9. The number of piperidine rings is 2. The molecule has 0 radical (unpaired) electrons. The van der Waals surface area contributed by atoms with Crippen LogP contribution in [0.2, 0.25) is 0 Å². The third-order valence-corrected chi connectivity index (χ3v) is 7.82. The van der Waals surface area contributed by atoms with Crippen LogP contribution < -0.4 is 15.5 Å². The van der Waals surface area contributed by atoms with E-state index in [1.807, 2.05) is 18.2 Å². The monoisotopic (exact) mass is 475 g/mol. The van der Waals surface area contributed by atoms with E-state index in [1.54, 1.807) is 0 Å². The predicted octanol–water partition coefficient (Wildman–Crippen LogP) is 3.82. The quantitative estimate of drug-likeness (QED) is 0.703. The predicted molar refractivity (Wildman–Crippen MR) is 134 cm³/mol.